The first kappa shape index (κ1) is 188. The van der Waals surface area contributed by atoms with Crippen molar-refractivity contribution in [3.63, 3.8) is 0 Å². The molecule has 0 aliphatic rings. The van der Waals surface area contributed by atoms with E-state index in [2.05, 4.69) is 503 Å². The van der Waals surface area contributed by atoms with Gasteiger partial charge in [0.05, 0.1) is 23.4 Å². The van der Waals surface area contributed by atoms with Crippen LogP contribution >= 0.6 is 0 Å². The highest BCUT2D eigenvalue weighted by molar-refractivity contribution is 5.23. The highest BCUT2D eigenvalue weighted by Crippen LogP contribution is 2.38. The smallest absolute Gasteiger partial charge is 0.120 e. The normalized spacial score (nSPS) is 11.6. The Kier molecular flexibility index (Phi) is 122. The van der Waals surface area contributed by atoms with E-state index in [1.54, 1.807) is 7.11 Å². The van der Waals surface area contributed by atoms with Crippen LogP contribution in [0.15, 0.2) is 91.0 Å². The second-order valence-corrected chi connectivity index (χ2v) is 59.3. The Morgan fingerprint density at radius 3 is 0.647 bits per heavy atom. The van der Waals surface area contributed by atoms with E-state index in [-0.39, 0.29) is 74.4 Å². The van der Waals surface area contributed by atoms with Gasteiger partial charge in [0, 0.05) is 24.8 Å². The summed E-state index contributed by atoms with van der Waals surface area (Å²) in [7, 11) is 5.88. The summed E-state index contributed by atoms with van der Waals surface area (Å²) in [4.78, 5) is 4.62. The molecule has 858 valence electrons. The third-order valence-corrected chi connectivity index (χ3v) is 18.8. The molecule has 0 aliphatic carbocycles. The second kappa shape index (κ2) is 90.4. The highest BCUT2D eigenvalue weighted by Gasteiger charge is 2.28. The van der Waals surface area contributed by atoms with Crippen LogP contribution in [0.3, 0.4) is 0 Å². The molecule has 0 aromatic heterocycles. The predicted octanol–water partition coefficient (Wildman–Crippen LogP) is 47.9. The van der Waals surface area contributed by atoms with Crippen molar-refractivity contribution < 1.29 is 18.9 Å². The highest BCUT2D eigenvalue weighted by atomic mass is 16.5. The largest absolute Gasteiger partial charge is 0.488 e. The lowest BCUT2D eigenvalue weighted by Gasteiger charge is -2.34. The zero-order valence-corrected chi connectivity index (χ0v) is 106. The van der Waals surface area contributed by atoms with Gasteiger partial charge in [-0.15, -0.1) is 0 Å². The fraction of sp³-hybridized carbons (Fsp3) is 0.865. The van der Waals surface area contributed by atoms with Crippen molar-refractivity contribution in [2.45, 2.75) is 652 Å². The van der Waals surface area contributed by atoms with Crippen molar-refractivity contribution in [1.82, 2.24) is 9.80 Å². The Morgan fingerprint density at radius 1 is 0.273 bits per heavy atom. The van der Waals surface area contributed by atoms with Crippen molar-refractivity contribution >= 4 is 0 Å². The summed E-state index contributed by atoms with van der Waals surface area (Å²) in [6, 6.07) is 30.6. The van der Waals surface area contributed by atoms with Gasteiger partial charge >= 0.3 is 0 Å². The van der Waals surface area contributed by atoms with Crippen LogP contribution in [0.25, 0.3) is 0 Å². The lowest BCUT2D eigenvalue weighted by Crippen LogP contribution is -2.40. The molecular weight excluding hydrogens is 1690 g/mol. The zero-order valence-electron chi connectivity index (χ0n) is 106. The summed E-state index contributed by atoms with van der Waals surface area (Å²) in [5, 5.41) is 0. The number of benzene rings is 3. The Hall–Kier alpha value is -2.74. The number of unbranched alkanes of at least 4 members (excludes halogenated alkanes) is 7. The minimum atomic E-state index is -0.0959. The number of nitrogens with zero attached hydrogens (tertiary/aromatic N) is 2. The Morgan fingerprint density at radius 2 is 0.489 bits per heavy atom. The number of hydrogen-bond acceptors (Lipinski definition) is 6. The average Bonchev–Trinajstić information content (AvgIpc) is 0.862. The van der Waals surface area contributed by atoms with E-state index >= 15 is 0 Å². The van der Waals surface area contributed by atoms with Crippen molar-refractivity contribution in [3.05, 3.63) is 102 Å². The van der Waals surface area contributed by atoms with E-state index in [1.807, 2.05) is 90.1 Å². The van der Waals surface area contributed by atoms with Gasteiger partial charge in [0.25, 0.3) is 0 Å². The quantitative estimate of drug-likeness (QED) is 0.133. The first-order valence-corrected chi connectivity index (χ1v) is 52.5. The van der Waals surface area contributed by atoms with Crippen LogP contribution in [0.5, 0.6) is 5.75 Å². The van der Waals surface area contributed by atoms with Gasteiger partial charge in [-0.3, -0.25) is 4.90 Å². The van der Waals surface area contributed by atoms with Crippen LogP contribution in [0.4, 0.5) is 0 Å². The molecule has 0 spiro atoms. The van der Waals surface area contributed by atoms with Gasteiger partial charge < -0.3 is 23.8 Å². The van der Waals surface area contributed by atoms with E-state index in [0.29, 0.717) is 88.1 Å². The molecule has 0 saturated carbocycles. The molecule has 0 radical (unpaired) electrons. The maximum Gasteiger partial charge on any atom is 0.120 e. The first-order valence-electron chi connectivity index (χ1n) is 52.5. The summed E-state index contributed by atoms with van der Waals surface area (Å²) >= 11 is 0. The van der Waals surface area contributed by atoms with Gasteiger partial charge in [-0.2, -0.15) is 0 Å². The number of para-hydroxylation sites is 1. The molecule has 0 atom stereocenters. The molecule has 0 bridgehead atoms. The topological polar surface area (TPSA) is 43.4 Å². The van der Waals surface area contributed by atoms with Crippen LogP contribution in [0, 0.1) is 70.9 Å². The molecule has 3 aromatic rings. The number of ether oxygens (including phenoxy) is 4. The van der Waals surface area contributed by atoms with Crippen molar-refractivity contribution in [2.75, 3.05) is 40.9 Å². The predicted molar refractivity (Wildman–Crippen MR) is 668 cm³/mol. The fourth-order valence-corrected chi connectivity index (χ4v) is 6.51. The molecule has 0 fully saturated rings. The third kappa shape index (κ3) is 234. The van der Waals surface area contributed by atoms with Crippen LogP contribution in [-0.4, -0.2) is 84.2 Å². The minimum Gasteiger partial charge on any atom is -0.488 e. The van der Waals surface area contributed by atoms with Crippen LogP contribution in [0.2, 0.25) is 0 Å². The van der Waals surface area contributed by atoms with E-state index in [4.69, 9.17) is 18.9 Å². The molecule has 0 amide bonds. The molecular formula is C133H292N2O4. The Balaban J connectivity index is -0.0000000562. The molecule has 0 aliphatic heterocycles. The van der Waals surface area contributed by atoms with Crippen molar-refractivity contribution in [2.24, 2.45) is 70.9 Å². The van der Waals surface area contributed by atoms with Crippen LogP contribution in [0.1, 0.15) is 618 Å². The number of methoxy groups -OCH3 is 1. The Bertz CT molecular complexity index is 2620. The third-order valence-electron chi connectivity index (χ3n) is 18.8. The minimum absolute atomic E-state index is 0. The maximum absolute atomic E-state index is 5.62. The summed E-state index contributed by atoms with van der Waals surface area (Å²) in [5.74, 6) is 1.73. The molecule has 139 heavy (non-hydrogen) atoms. The van der Waals surface area contributed by atoms with Gasteiger partial charge in [-0.25, -0.2) is 0 Å². The van der Waals surface area contributed by atoms with Gasteiger partial charge in [0.2, 0.25) is 0 Å². The van der Waals surface area contributed by atoms with E-state index in [1.165, 1.54) is 88.2 Å². The van der Waals surface area contributed by atoms with Gasteiger partial charge in [-0.05, 0) is 271 Å². The van der Waals surface area contributed by atoms with E-state index in [0.717, 1.165) is 31.4 Å². The van der Waals surface area contributed by atoms with Gasteiger partial charge in [-0.1, -0.05) is 542 Å². The molecule has 0 unspecified atom stereocenters. The summed E-state index contributed by atoms with van der Waals surface area (Å²) in [5.41, 5.74) is 9.40. The lowest BCUT2D eigenvalue weighted by molar-refractivity contribution is -0.0149. The van der Waals surface area contributed by atoms with Crippen molar-refractivity contribution in [3.8, 4) is 5.75 Å². The molecule has 0 N–H and O–H groups in total. The first-order chi connectivity index (χ1) is 57.4. The van der Waals surface area contributed by atoms with Gasteiger partial charge in [0.1, 0.15) is 11.4 Å². The number of rotatable bonds is 16. The zero-order chi connectivity index (χ0) is 110. The Labute approximate surface area is 895 Å². The molecule has 0 saturated heterocycles. The molecule has 6 heteroatoms. The van der Waals surface area contributed by atoms with Crippen molar-refractivity contribution in [1.29, 1.82) is 0 Å². The number of hydrogen-bond donors (Lipinski definition) is 0. The molecule has 6 nitrogen and oxygen atoms in total. The van der Waals surface area contributed by atoms with Crippen LogP contribution in [-0.2, 0) is 26.2 Å². The molecule has 3 rings (SSSR count). The molecule has 0 heterocycles. The fourth-order valence-electron chi connectivity index (χ4n) is 6.51. The summed E-state index contributed by atoms with van der Waals surface area (Å²) < 4.78 is 21.6. The molecule has 3 aromatic carbocycles. The van der Waals surface area contributed by atoms with E-state index < -0.39 is 0 Å². The monoisotopic (exact) mass is 1980 g/mol. The second-order valence-electron chi connectivity index (χ2n) is 59.3. The SMILES string of the molecule is C.C.C.C.C.C.C.CC(C)(C)C.CC(C)(C)C.CC(C)(C)C.CC(C)(C)C.CC(C)(C)C.CC(C)(C)C(C)(C)C.CC(C)(C)C(C)(C)C.CC(C)(C)OCc1ccccc1.CC(C)(C)Oc1ccccc1.CC(C)(C)c1ccccc1.CC(C)C(C)(C)C.CCCCCC(C)(C)C.CCCCCCCC(C)(C)C.CCCCOC(C)(C)C.CCN(CC)C(C)(C)C.CN(C)C(C)(C)C.COC(C)(C)C. The summed E-state index contributed by atoms with van der Waals surface area (Å²) in [6.07, 6.45) is 16.4. The average molecular weight is 1980 g/mol. The lowest BCUT2D eigenvalue weighted by atomic mass is 9.71. The van der Waals surface area contributed by atoms with E-state index in [9.17, 15) is 0 Å². The van der Waals surface area contributed by atoms with Crippen LogP contribution < -0.4 is 4.74 Å². The van der Waals surface area contributed by atoms with Gasteiger partial charge in [0.15, 0.2) is 0 Å². The maximum atomic E-state index is 5.62. The summed E-state index contributed by atoms with van der Waals surface area (Å²) in [6.45, 7) is 156. The standard InChI is InChI=1S/C11H16O.C11H24.C10H14O.C10H14.C9H20.C8H19N.C8H18O.2C8H18.C7H16.C6H15N.C5H12O.5C5H12.7CH4/c1-11(2,3)12-9-10-7-5-4-6-8-10;1-5-6-7-8-9-10-11(2,3)4;1-10(2,3)11-9-7-5-4-6-8-9;1-10(2,3)9-7-5-4-6-8-9;1-5-6-7-8-9(2,3)4;1-6-9(7-2)8(3,4)5;1-5-6-7-9-8(2,3)4;2*1-7(2,3)8(4,5)6;1-6(2)7(3,4)5;1-6(2,3)7(4)5;1-5(2,3)6-4;5*1-5(2,3)4;;;;;;;/h4-8H,9H2,1-3H3;5-10H2,1-4H3;4-8H,1-3H3;4-8H,1-3H3;5-8H2,1-4H3;6-7H2,1-5H3;5-7H2,1-4H3;2*1-6H3;6H,1-5H3;1-5H3;1-4H3;5*1-4H3;7*1H4.